The number of carboxylic acid groups (broad SMARTS) is 1. The number of carbonyl (C=O) groups excluding carboxylic acids is 2. The van der Waals surface area contributed by atoms with E-state index >= 15 is 0 Å². The van der Waals surface area contributed by atoms with Gasteiger partial charge in [-0.05, 0) is 37.6 Å². The van der Waals surface area contributed by atoms with E-state index < -0.39 is 12.5 Å². The lowest BCUT2D eigenvalue weighted by molar-refractivity contribution is -0.137. The number of thiophene rings is 1. The summed E-state index contributed by atoms with van der Waals surface area (Å²) in [5.74, 6) is -1.61. The molecule has 1 aromatic heterocycles. The molecule has 0 atom stereocenters. The van der Waals surface area contributed by atoms with Crippen molar-refractivity contribution in [1.82, 2.24) is 5.32 Å². The number of amides is 2. The van der Waals surface area contributed by atoms with Crippen LogP contribution in [0.1, 0.15) is 25.7 Å². The Morgan fingerprint density at radius 3 is 2.33 bits per heavy atom. The summed E-state index contributed by atoms with van der Waals surface area (Å²) in [6.45, 7) is 3.47. The Morgan fingerprint density at radius 2 is 1.79 bits per heavy atom. The van der Waals surface area contributed by atoms with E-state index in [0.717, 1.165) is 15.3 Å². The highest BCUT2D eigenvalue weighted by atomic mass is 32.1. The molecule has 0 aliphatic rings. The predicted octanol–water partition coefficient (Wildman–Crippen LogP) is 2.36. The van der Waals surface area contributed by atoms with Crippen LogP contribution in [0.25, 0.3) is 0 Å². The maximum absolute atomic E-state index is 12.2. The molecule has 0 aliphatic heterocycles. The molecule has 0 saturated carbocycles. The van der Waals surface area contributed by atoms with Crippen molar-refractivity contribution in [3.63, 3.8) is 0 Å². The second-order valence-corrected chi connectivity index (χ2v) is 6.79. The first-order valence-electron chi connectivity index (χ1n) is 7.31. The first kappa shape index (κ1) is 17.7. The largest absolute Gasteiger partial charge is 0.480 e. The number of aryl methyl sites for hydroxylation is 2. The molecule has 126 valence electrons. The zero-order valence-electron chi connectivity index (χ0n) is 13.4. The van der Waals surface area contributed by atoms with Gasteiger partial charge in [0.15, 0.2) is 0 Å². The van der Waals surface area contributed by atoms with Gasteiger partial charge in [0.2, 0.25) is 5.91 Å². The zero-order chi connectivity index (χ0) is 17.7. The molecule has 0 aliphatic carbocycles. The Kier molecular flexibility index (Phi) is 5.70. The van der Waals surface area contributed by atoms with Crippen LogP contribution < -0.4 is 10.6 Å². The summed E-state index contributed by atoms with van der Waals surface area (Å²) in [4.78, 5) is 36.2. The fourth-order valence-electron chi connectivity index (χ4n) is 2.18. The second kappa shape index (κ2) is 7.74. The van der Waals surface area contributed by atoms with E-state index in [2.05, 4.69) is 10.6 Å². The van der Waals surface area contributed by atoms with Crippen molar-refractivity contribution < 1.29 is 19.5 Å². The molecule has 6 nitrogen and oxygen atoms in total. The third-order valence-electron chi connectivity index (χ3n) is 3.30. The summed E-state index contributed by atoms with van der Waals surface area (Å²) in [5.41, 5.74) is 2.03. The number of hydrogen-bond donors (Lipinski definition) is 3. The fourth-order valence-corrected chi connectivity index (χ4v) is 3.10. The number of nitrogens with one attached hydrogen (secondary N) is 2. The lowest BCUT2D eigenvalue weighted by Gasteiger charge is -2.07. The van der Waals surface area contributed by atoms with Crippen molar-refractivity contribution in [1.29, 1.82) is 0 Å². The van der Waals surface area contributed by atoms with Crippen LogP contribution in [0.5, 0.6) is 0 Å². The molecule has 0 radical (unpaired) electrons. The van der Waals surface area contributed by atoms with Crippen LogP contribution in [0, 0.1) is 13.8 Å². The summed E-state index contributed by atoms with van der Waals surface area (Å²) < 4.78 is 0. The molecule has 0 saturated heterocycles. The van der Waals surface area contributed by atoms with E-state index in [9.17, 15) is 14.4 Å². The Labute approximate surface area is 143 Å². The summed E-state index contributed by atoms with van der Waals surface area (Å²) in [6, 6.07) is 8.73. The van der Waals surface area contributed by atoms with Crippen molar-refractivity contribution in [3.8, 4) is 0 Å². The van der Waals surface area contributed by atoms with Crippen molar-refractivity contribution in [2.24, 2.45) is 0 Å². The number of anilines is 1. The van der Waals surface area contributed by atoms with Crippen LogP contribution in [-0.4, -0.2) is 29.4 Å². The number of carbonyl (C=O) groups is 3. The molecule has 0 fully saturated rings. The summed E-state index contributed by atoms with van der Waals surface area (Å²) in [6.07, 6.45) is 0.0876. The molecule has 1 heterocycles. The van der Waals surface area contributed by atoms with Crippen molar-refractivity contribution in [2.45, 2.75) is 20.3 Å². The van der Waals surface area contributed by atoms with Crippen LogP contribution in [0.3, 0.4) is 0 Å². The van der Waals surface area contributed by atoms with Gasteiger partial charge in [-0.25, -0.2) is 0 Å². The van der Waals surface area contributed by atoms with Gasteiger partial charge >= 0.3 is 5.97 Å². The van der Waals surface area contributed by atoms with E-state index in [-0.39, 0.29) is 18.2 Å². The molecule has 0 unspecified atom stereocenters. The van der Waals surface area contributed by atoms with Crippen LogP contribution in [0.2, 0.25) is 0 Å². The predicted molar refractivity (Wildman–Crippen MR) is 92.5 cm³/mol. The highest BCUT2D eigenvalue weighted by Gasteiger charge is 2.12. The minimum atomic E-state index is -1.08. The van der Waals surface area contributed by atoms with Crippen LogP contribution in [0.4, 0.5) is 5.69 Å². The lowest BCUT2D eigenvalue weighted by Crippen LogP contribution is -2.30. The molecule has 3 N–H and O–H groups in total. The van der Waals surface area contributed by atoms with Crippen LogP contribution in [-0.2, 0) is 16.0 Å². The van der Waals surface area contributed by atoms with E-state index in [4.69, 9.17) is 5.11 Å². The van der Waals surface area contributed by atoms with E-state index in [1.807, 2.05) is 19.9 Å². The number of aliphatic carboxylic acids is 1. The lowest BCUT2D eigenvalue weighted by atomic mass is 10.1. The molecule has 24 heavy (non-hydrogen) atoms. The van der Waals surface area contributed by atoms with Gasteiger partial charge < -0.3 is 15.7 Å². The molecule has 1 aromatic carbocycles. The Balaban J connectivity index is 1.94. The Morgan fingerprint density at radius 1 is 1.12 bits per heavy atom. The average Bonchev–Trinajstić information content (AvgIpc) is 2.86. The first-order chi connectivity index (χ1) is 11.3. The average molecular weight is 346 g/mol. The van der Waals surface area contributed by atoms with Gasteiger partial charge in [0.05, 0.1) is 12.0 Å². The van der Waals surface area contributed by atoms with Gasteiger partial charge in [-0.1, -0.05) is 12.1 Å². The highest BCUT2D eigenvalue weighted by Crippen LogP contribution is 2.22. The Bertz CT molecular complexity index is 765. The monoisotopic (exact) mass is 346 g/mol. The highest BCUT2D eigenvalue weighted by molar-refractivity contribution is 7.12. The molecule has 2 amide bonds. The summed E-state index contributed by atoms with van der Waals surface area (Å²) >= 11 is 1.58. The number of rotatable bonds is 6. The maximum Gasteiger partial charge on any atom is 0.322 e. The molecular weight excluding hydrogens is 328 g/mol. The first-order valence-corrected chi connectivity index (χ1v) is 8.12. The van der Waals surface area contributed by atoms with Crippen LogP contribution >= 0.6 is 11.3 Å². The van der Waals surface area contributed by atoms with Gasteiger partial charge in [-0.3, -0.25) is 14.4 Å². The molecule has 0 spiro atoms. The molecule has 2 aromatic rings. The standard InChI is InChI=1S/C17H18N2O4S/c1-10-7-14(11(2)24-10)17(23)19-13-5-3-12(4-6-13)8-15(20)18-9-16(21)22/h3-7H,8-9H2,1-2H3,(H,18,20)(H,19,23)(H,21,22). The van der Waals surface area contributed by atoms with Gasteiger partial charge in [0.25, 0.3) is 5.91 Å². The molecule has 7 heteroatoms. The van der Waals surface area contributed by atoms with Gasteiger partial charge in [-0.15, -0.1) is 11.3 Å². The van der Waals surface area contributed by atoms with Crippen molar-refractivity contribution in [3.05, 3.63) is 51.2 Å². The Hall–Kier alpha value is -2.67. The topological polar surface area (TPSA) is 95.5 Å². The molecular formula is C17H18N2O4S. The van der Waals surface area contributed by atoms with Crippen LogP contribution in [0.15, 0.2) is 30.3 Å². The third kappa shape index (κ3) is 4.92. The minimum Gasteiger partial charge on any atom is -0.480 e. The number of benzene rings is 1. The van der Waals surface area contributed by atoms with E-state index in [1.54, 1.807) is 35.6 Å². The number of carboxylic acids is 1. The smallest absolute Gasteiger partial charge is 0.322 e. The van der Waals surface area contributed by atoms with Gasteiger partial charge in [0.1, 0.15) is 6.54 Å². The summed E-state index contributed by atoms with van der Waals surface area (Å²) in [7, 11) is 0. The minimum absolute atomic E-state index is 0.0876. The maximum atomic E-state index is 12.2. The van der Waals surface area contributed by atoms with E-state index in [0.29, 0.717) is 11.3 Å². The molecule has 0 bridgehead atoms. The fraction of sp³-hybridized carbons (Fsp3) is 0.235. The summed E-state index contributed by atoms with van der Waals surface area (Å²) in [5, 5.41) is 13.6. The van der Waals surface area contributed by atoms with E-state index in [1.165, 1.54) is 0 Å². The number of hydrogen-bond acceptors (Lipinski definition) is 4. The molecule has 2 rings (SSSR count). The SMILES string of the molecule is Cc1cc(C(=O)Nc2ccc(CC(=O)NCC(=O)O)cc2)c(C)s1. The second-order valence-electron chi connectivity index (χ2n) is 5.33. The quantitative estimate of drug-likeness (QED) is 0.748. The van der Waals surface area contributed by atoms with Gasteiger partial charge in [0, 0.05) is 15.4 Å². The van der Waals surface area contributed by atoms with Crippen molar-refractivity contribution >= 4 is 34.8 Å². The normalized spacial score (nSPS) is 10.2. The third-order valence-corrected chi connectivity index (χ3v) is 4.26. The van der Waals surface area contributed by atoms with Gasteiger partial charge in [-0.2, -0.15) is 0 Å². The zero-order valence-corrected chi connectivity index (χ0v) is 14.2. The van der Waals surface area contributed by atoms with Crippen molar-refractivity contribution in [2.75, 3.05) is 11.9 Å².